The minimum atomic E-state index is -0.352. The quantitative estimate of drug-likeness (QED) is 0.739. The second kappa shape index (κ2) is 4.07. The van der Waals surface area contributed by atoms with Gasteiger partial charge in [-0.25, -0.2) is 0 Å². The molecule has 1 aliphatic rings. The van der Waals surface area contributed by atoms with Gasteiger partial charge in [-0.2, -0.15) is 0 Å². The molecule has 0 aromatic heterocycles. The monoisotopic (exact) mass is 232 g/mol. The van der Waals surface area contributed by atoms with Crippen molar-refractivity contribution in [2.75, 3.05) is 6.61 Å². The summed E-state index contributed by atoms with van der Waals surface area (Å²) in [6.07, 6.45) is -0.235. The van der Waals surface area contributed by atoms with Crippen LogP contribution in [-0.4, -0.2) is 12.7 Å². The molecule has 1 heterocycles. The van der Waals surface area contributed by atoms with E-state index in [1.165, 1.54) is 0 Å². The van der Waals surface area contributed by atoms with Crippen LogP contribution in [0.2, 0.25) is 10.0 Å². The van der Waals surface area contributed by atoms with E-state index < -0.39 is 0 Å². The van der Waals surface area contributed by atoms with Crippen molar-refractivity contribution in [1.29, 1.82) is 0 Å². The first-order valence-electron chi connectivity index (χ1n) is 4.39. The molecule has 14 heavy (non-hydrogen) atoms. The Kier molecular flexibility index (Phi) is 2.98. The van der Waals surface area contributed by atoms with Crippen LogP contribution in [0.4, 0.5) is 0 Å². The largest absolute Gasteiger partial charge is 0.346 e. The fourth-order valence-electron chi connectivity index (χ4n) is 1.37. The molecular formula is C10H10Cl2O2. The molecule has 0 bridgehead atoms. The van der Waals surface area contributed by atoms with Crippen molar-refractivity contribution >= 4 is 23.2 Å². The second-order valence-electron chi connectivity index (χ2n) is 3.28. The maximum absolute atomic E-state index is 6.01. The van der Waals surface area contributed by atoms with Crippen molar-refractivity contribution in [3.8, 4) is 0 Å². The van der Waals surface area contributed by atoms with E-state index in [1.807, 2.05) is 13.0 Å². The third kappa shape index (κ3) is 2.04. The van der Waals surface area contributed by atoms with Crippen molar-refractivity contribution in [2.24, 2.45) is 0 Å². The summed E-state index contributed by atoms with van der Waals surface area (Å²) in [5, 5.41) is 1.20. The Morgan fingerprint density at radius 2 is 2.14 bits per heavy atom. The van der Waals surface area contributed by atoms with Gasteiger partial charge in [0, 0.05) is 10.6 Å². The summed E-state index contributed by atoms with van der Waals surface area (Å²) in [7, 11) is 0. The van der Waals surface area contributed by atoms with Gasteiger partial charge >= 0.3 is 0 Å². The first-order valence-corrected chi connectivity index (χ1v) is 5.14. The lowest BCUT2D eigenvalue weighted by molar-refractivity contribution is -0.0571. The average Bonchev–Trinajstić information content (AvgIpc) is 2.51. The van der Waals surface area contributed by atoms with Crippen molar-refractivity contribution in [3.63, 3.8) is 0 Å². The van der Waals surface area contributed by atoms with Gasteiger partial charge in [0.1, 0.15) is 0 Å². The lowest BCUT2D eigenvalue weighted by Crippen LogP contribution is -2.03. The van der Waals surface area contributed by atoms with Crippen LogP contribution in [0.5, 0.6) is 0 Å². The minimum absolute atomic E-state index is 0.117. The molecule has 1 aromatic carbocycles. The van der Waals surface area contributed by atoms with E-state index in [4.69, 9.17) is 32.7 Å². The highest BCUT2D eigenvalue weighted by Gasteiger charge is 2.25. The zero-order valence-corrected chi connectivity index (χ0v) is 9.18. The molecule has 0 aliphatic carbocycles. The van der Waals surface area contributed by atoms with E-state index in [9.17, 15) is 0 Å². The van der Waals surface area contributed by atoms with E-state index in [0.29, 0.717) is 16.7 Å². The summed E-state index contributed by atoms with van der Waals surface area (Å²) in [6.45, 7) is 2.56. The number of ether oxygens (including phenoxy) is 2. The summed E-state index contributed by atoms with van der Waals surface area (Å²) in [5.74, 6) is 0. The minimum Gasteiger partial charge on any atom is -0.346 e. The zero-order chi connectivity index (χ0) is 10.1. The van der Waals surface area contributed by atoms with Crippen molar-refractivity contribution in [1.82, 2.24) is 0 Å². The van der Waals surface area contributed by atoms with Crippen LogP contribution in [0.3, 0.4) is 0 Å². The van der Waals surface area contributed by atoms with Gasteiger partial charge in [0.25, 0.3) is 0 Å². The number of hydrogen-bond donors (Lipinski definition) is 0. The van der Waals surface area contributed by atoms with Gasteiger partial charge in [0.05, 0.1) is 17.7 Å². The lowest BCUT2D eigenvalue weighted by Gasteiger charge is -2.11. The van der Waals surface area contributed by atoms with Crippen molar-refractivity contribution in [3.05, 3.63) is 33.8 Å². The molecule has 0 saturated carbocycles. The van der Waals surface area contributed by atoms with Crippen LogP contribution < -0.4 is 0 Å². The van der Waals surface area contributed by atoms with Gasteiger partial charge in [-0.15, -0.1) is 0 Å². The SMILES string of the molecule is C[C@H]1CO[C@@H](c2ccc(Cl)cc2Cl)O1. The molecule has 2 rings (SSSR count). The van der Waals surface area contributed by atoms with E-state index >= 15 is 0 Å². The Balaban J connectivity index is 2.24. The first kappa shape index (κ1) is 10.2. The van der Waals surface area contributed by atoms with Crippen LogP contribution in [0.1, 0.15) is 18.8 Å². The summed E-state index contributed by atoms with van der Waals surface area (Å²) in [4.78, 5) is 0. The predicted molar refractivity (Wildman–Crippen MR) is 55.7 cm³/mol. The summed E-state index contributed by atoms with van der Waals surface area (Å²) in [5.41, 5.74) is 0.834. The Labute approximate surface area is 92.7 Å². The molecule has 0 spiro atoms. The zero-order valence-electron chi connectivity index (χ0n) is 7.67. The fraction of sp³-hybridized carbons (Fsp3) is 0.400. The summed E-state index contributed by atoms with van der Waals surface area (Å²) < 4.78 is 10.9. The molecule has 0 amide bonds. The highest BCUT2D eigenvalue weighted by Crippen LogP contribution is 2.32. The van der Waals surface area contributed by atoms with Gasteiger partial charge < -0.3 is 9.47 Å². The molecule has 1 aliphatic heterocycles. The standard InChI is InChI=1S/C10H10Cl2O2/c1-6-5-13-10(14-6)8-3-2-7(11)4-9(8)12/h2-4,6,10H,5H2,1H3/t6-,10+/m0/s1. The molecule has 0 radical (unpaired) electrons. The normalized spacial score (nSPS) is 26.8. The fourth-order valence-corrected chi connectivity index (χ4v) is 1.87. The summed E-state index contributed by atoms with van der Waals surface area (Å²) >= 11 is 11.8. The molecule has 1 fully saturated rings. The van der Waals surface area contributed by atoms with Gasteiger partial charge in [0.2, 0.25) is 0 Å². The van der Waals surface area contributed by atoms with Gasteiger partial charge in [0.15, 0.2) is 6.29 Å². The average molecular weight is 233 g/mol. The maximum atomic E-state index is 6.01. The summed E-state index contributed by atoms with van der Waals surface area (Å²) in [6, 6.07) is 5.29. The topological polar surface area (TPSA) is 18.5 Å². The second-order valence-corrected chi connectivity index (χ2v) is 4.12. The third-order valence-electron chi connectivity index (χ3n) is 2.05. The molecule has 0 N–H and O–H groups in total. The maximum Gasteiger partial charge on any atom is 0.185 e. The smallest absolute Gasteiger partial charge is 0.185 e. The lowest BCUT2D eigenvalue weighted by atomic mass is 10.2. The van der Waals surface area contributed by atoms with Crippen LogP contribution in [0, 0.1) is 0 Å². The molecule has 2 nitrogen and oxygen atoms in total. The first-order chi connectivity index (χ1) is 6.66. The molecule has 1 saturated heterocycles. The number of rotatable bonds is 1. The molecular weight excluding hydrogens is 223 g/mol. The van der Waals surface area contributed by atoms with Gasteiger partial charge in [-0.05, 0) is 19.1 Å². The molecule has 2 atom stereocenters. The third-order valence-corrected chi connectivity index (χ3v) is 2.62. The van der Waals surface area contributed by atoms with Crippen LogP contribution in [0.25, 0.3) is 0 Å². The number of benzene rings is 1. The molecule has 1 aromatic rings. The van der Waals surface area contributed by atoms with Gasteiger partial charge in [-0.1, -0.05) is 29.3 Å². The van der Waals surface area contributed by atoms with E-state index in [0.717, 1.165) is 5.56 Å². The van der Waals surface area contributed by atoms with Crippen LogP contribution >= 0.6 is 23.2 Å². The van der Waals surface area contributed by atoms with E-state index in [-0.39, 0.29) is 12.4 Å². The van der Waals surface area contributed by atoms with Crippen molar-refractivity contribution in [2.45, 2.75) is 19.3 Å². The Morgan fingerprint density at radius 3 is 2.71 bits per heavy atom. The highest BCUT2D eigenvalue weighted by atomic mass is 35.5. The number of halogens is 2. The molecule has 76 valence electrons. The Morgan fingerprint density at radius 1 is 1.36 bits per heavy atom. The van der Waals surface area contributed by atoms with Gasteiger partial charge in [-0.3, -0.25) is 0 Å². The van der Waals surface area contributed by atoms with E-state index in [2.05, 4.69) is 0 Å². The molecule has 0 unspecified atom stereocenters. The molecule has 4 heteroatoms. The highest BCUT2D eigenvalue weighted by molar-refractivity contribution is 6.35. The van der Waals surface area contributed by atoms with Crippen LogP contribution in [0.15, 0.2) is 18.2 Å². The van der Waals surface area contributed by atoms with Crippen LogP contribution in [-0.2, 0) is 9.47 Å². The van der Waals surface area contributed by atoms with Crippen molar-refractivity contribution < 1.29 is 9.47 Å². The number of hydrogen-bond acceptors (Lipinski definition) is 2. The Hall–Kier alpha value is -0.280. The van der Waals surface area contributed by atoms with E-state index in [1.54, 1.807) is 12.1 Å². The predicted octanol–water partition coefficient (Wildman–Crippen LogP) is 3.43. The Bertz CT molecular complexity index is 341.